The number of aromatic nitrogens is 1. The first-order valence-electron chi connectivity index (χ1n) is 7.48. The second kappa shape index (κ2) is 7.23. The van der Waals surface area contributed by atoms with Crippen LogP contribution in [0.4, 0.5) is 14.5 Å². The van der Waals surface area contributed by atoms with Gasteiger partial charge in [-0.25, -0.2) is 13.8 Å². The molecule has 0 unspecified atom stereocenters. The predicted octanol–water partition coefficient (Wildman–Crippen LogP) is 3.62. The molecule has 0 bridgehead atoms. The van der Waals surface area contributed by atoms with E-state index in [0.717, 1.165) is 17.8 Å². The molecule has 3 rings (SSSR count). The van der Waals surface area contributed by atoms with Gasteiger partial charge in [-0.2, -0.15) is 0 Å². The number of benzene rings is 2. The number of hydrogen-bond donors (Lipinski definition) is 1. The first-order valence-corrected chi connectivity index (χ1v) is 7.48. The van der Waals surface area contributed by atoms with E-state index in [1.165, 1.54) is 12.3 Å². The van der Waals surface area contributed by atoms with E-state index in [1.54, 1.807) is 0 Å². The van der Waals surface area contributed by atoms with Crippen molar-refractivity contribution in [1.82, 2.24) is 4.98 Å². The monoisotopic (exact) mass is 330 g/mol. The zero-order chi connectivity index (χ0) is 16.9. The summed E-state index contributed by atoms with van der Waals surface area (Å²) in [6.07, 6.45) is 1.37. The second-order valence-electron chi connectivity index (χ2n) is 5.22. The topological polar surface area (TPSA) is 49.5 Å². The number of para-hydroxylation sites is 1. The Balaban J connectivity index is 1.85. The molecule has 0 saturated carbocycles. The molecule has 0 atom stereocenters. The predicted molar refractivity (Wildman–Crippen MR) is 86.4 cm³/mol. The van der Waals surface area contributed by atoms with Crippen LogP contribution in [0.1, 0.15) is 5.69 Å². The molecule has 0 aliphatic carbocycles. The van der Waals surface area contributed by atoms with Crippen molar-refractivity contribution in [3.63, 3.8) is 0 Å². The minimum Gasteiger partial charge on any atom is -0.444 e. The van der Waals surface area contributed by atoms with Crippen LogP contribution in [-0.2, 0) is 6.54 Å². The van der Waals surface area contributed by atoms with Gasteiger partial charge in [0.25, 0.3) is 0 Å². The number of nitrogens with zero attached hydrogens (tertiary/aromatic N) is 2. The molecule has 0 radical (unpaired) electrons. The maximum atomic E-state index is 13.8. The molecular weight excluding hydrogens is 314 g/mol. The molecule has 2 aromatic carbocycles. The summed E-state index contributed by atoms with van der Waals surface area (Å²) in [6.45, 7) is 0.728. The Labute approximate surface area is 138 Å². The highest BCUT2D eigenvalue weighted by molar-refractivity contribution is 5.55. The summed E-state index contributed by atoms with van der Waals surface area (Å²) >= 11 is 0. The molecule has 3 aromatic rings. The third-order valence-electron chi connectivity index (χ3n) is 3.57. The molecule has 1 N–H and O–H groups in total. The summed E-state index contributed by atoms with van der Waals surface area (Å²) in [7, 11) is 0. The van der Waals surface area contributed by atoms with Crippen molar-refractivity contribution in [2.45, 2.75) is 6.54 Å². The highest BCUT2D eigenvalue weighted by atomic mass is 19.1. The number of aliphatic hydroxyl groups excluding tert-OH is 1. The lowest BCUT2D eigenvalue weighted by Crippen LogP contribution is -2.26. The Morgan fingerprint density at radius 2 is 1.71 bits per heavy atom. The zero-order valence-corrected chi connectivity index (χ0v) is 12.8. The first-order chi connectivity index (χ1) is 11.7. The average Bonchev–Trinajstić information content (AvgIpc) is 3.03. The van der Waals surface area contributed by atoms with Crippen LogP contribution in [-0.4, -0.2) is 23.2 Å². The van der Waals surface area contributed by atoms with E-state index in [0.29, 0.717) is 18.8 Å². The van der Waals surface area contributed by atoms with Crippen LogP contribution in [0.15, 0.2) is 59.2 Å². The van der Waals surface area contributed by atoms with Gasteiger partial charge >= 0.3 is 0 Å². The van der Waals surface area contributed by atoms with E-state index < -0.39 is 11.6 Å². The molecule has 0 amide bonds. The van der Waals surface area contributed by atoms with Gasteiger partial charge in [-0.05, 0) is 24.3 Å². The molecule has 4 nitrogen and oxygen atoms in total. The van der Waals surface area contributed by atoms with Crippen LogP contribution >= 0.6 is 0 Å². The lowest BCUT2D eigenvalue weighted by atomic mass is 10.2. The largest absolute Gasteiger partial charge is 0.444 e. The molecule has 1 aromatic heterocycles. The quantitative estimate of drug-likeness (QED) is 0.750. The fraction of sp³-hybridized carbons (Fsp3) is 0.167. The minimum atomic E-state index is -0.723. The number of aliphatic hydroxyl groups is 1. The highest BCUT2D eigenvalue weighted by Crippen LogP contribution is 2.26. The lowest BCUT2D eigenvalue weighted by molar-refractivity contribution is 0.301. The maximum Gasteiger partial charge on any atom is 0.232 e. The molecule has 124 valence electrons. The second-order valence-corrected chi connectivity index (χ2v) is 5.22. The Morgan fingerprint density at radius 1 is 1.00 bits per heavy atom. The number of hydrogen-bond acceptors (Lipinski definition) is 4. The van der Waals surface area contributed by atoms with Gasteiger partial charge in [-0.1, -0.05) is 24.3 Å². The van der Waals surface area contributed by atoms with Crippen LogP contribution < -0.4 is 4.90 Å². The van der Waals surface area contributed by atoms with Crippen molar-refractivity contribution in [2.24, 2.45) is 0 Å². The van der Waals surface area contributed by atoms with Gasteiger partial charge in [0.15, 0.2) is 0 Å². The summed E-state index contributed by atoms with van der Waals surface area (Å²) < 4.78 is 32.9. The van der Waals surface area contributed by atoms with Gasteiger partial charge in [0, 0.05) is 12.2 Å². The summed E-state index contributed by atoms with van der Waals surface area (Å²) in [5.74, 6) is -1.55. The standard InChI is InChI=1S/C18H16F2N2O2/c19-15-7-4-8-16(20)17(15)18-21-13(12-24-18)11-22(9-10-23)14-5-2-1-3-6-14/h1-8,12,23H,9-11H2. The third kappa shape index (κ3) is 3.44. The Morgan fingerprint density at radius 3 is 2.38 bits per heavy atom. The average molecular weight is 330 g/mol. The van der Waals surface area contributed by atoms with Crippen molar-refractivity contribution < 1.29 is 18.3 Å². The van der Waals surface area contributed by atoms with Crippen molar-refractivity contribution in [3.05, 3.63) is 72.1 Å². The molecule has 0 aliphatic rings. The van der Waals surface area contributed by atoms with Crippen LogP contribution in [0.3, 0.4) is 0 Å². The van der Waals surface area contributed by atoms with Gasteiger partial charge < -0.3 is 14.4 Å². The molecule has 0 spiro atoms. The van der Waals surface area contributed by atoms with E-state index in [9.17, 15) is 13.9 Å². The Kier molecular flexibility index (Phi) is 4.86. The Hall–Kier alpha value is -2.73. The number of halogens is 2. The third-order valence-corrected chi connectivity index (χ3v) is 3.57. The molecule has 0 saturated heterocycles. The van der Waals surface area contributed by atoms with E-state index in [-0.39, 0.29) is 18.1 Å². The van der Waals surface area contributed by atoms with Gasteiger partial charge in [0.05, 0.1) is 18.8 Å². The van der Waals surface area contributed by atoms with Crippen molar-refractivity contribution >= 4 is 5.69 Å². The molecule has 1 heterocycles. The first kappa shape index (κ1) is 16.1. The fourth-order valence-corrected chi connectivity index (χ4v) is 2.45. The van der Waals surface area contributed by atoms with Gasteiger partial charge in [-0.15, -0.1) is 0 Å². The van der Waals surface area contributed by atoms with E-state index in [1.807, 2.05) is 35.2 Å². The Bertz CT molecular complexity index is 786. The molecule has 24 heavy (non-hydrogen) atoms. The van der Waals surface area contributed by atoms with Crippen molar-refractivity contribution in [2.75, 3.05) is 18.1 Å². The maximum absolute atomic E-state index is 13.8. The summed E-state index contributed by atoms with van der Waals surface area (Å²) in [5.41, 5.74) is 1.15. The van der Waals surface area contributed by atoms with Gasteiger partial charge in [0.1, 0.15) is 23.5 Å². The smallest absolute Gasteiger partial charge is 0.232 e. The number of anilines is 1. The van der Waals surface area contributed by atoms with Gasteiger partial charge in [-0.3, -0.25) is 0 Å². The number of oxazole rings is 1. The normalized spacial score (nSPS) is 10.8. The van der Waals surface area contributed by atoms with Crippen LogP contribution in [0.2, 0.25) is 0 Å². The minimum absolute atomic E-state index is 0.0262. The highest BCUT2D eigenvalue weighted by Gasteiger charge is 2.17. The van der Waals surface area contributed by atoms with Crippen LogP contribution in [0, 0.1) is 11.6 Å². The van der Waals surface area contributed by atoms with Crippen molar-refractivity contribution in [3.8, 4) is 11.5 Å². The number of rotatable bonds is 6. The summed E-state index contributed by atoms with van der Waals surface area (Å²) in [4.78, 5) is 6.08. The zero-order valence-electron chi connectivity index (χ0n) is 12.8. The molecular formula is C18H16F2N2O2. The van der Waals surface area contributed by atoms with Gasteiger partial charge in [0.2, 0.25) is 5.89 Å². The van der Waals surface area contributed by atoms with E-state index in [4.69, 9.17) is 4.42 Å². The lowest BCUT2D eigenvalue weighted by Gasteiger charge is -2.22. The van der Waals surface area contributed by atoms with Crippen molar-refractivity contribution in [1.29, 1.82) is 0 Å². The summed E-state index contributed by atoms with van der Waals surface area (Å²) in [5, 5.41) is 9.25. The molecule has 0 fully saturated rings. The fourth-order valence-electron chi connectivity index (χ4n) is 2.45. The van der Waals surface area contributed by atoms with Crippen LogP contribution in [0.5, 0.6) is 0 Å². The molecule has 6 heteroatoms. The van der Waals surface area contributed by atoms with Crippen LogP contribution in [0.25, 0.3) is 11.5 Å². The SMILES string of the molecule is OCCN(Cc1coc(-c2c(F)cccc2F)n1)c1ccccc1. The van der Waals surface area contributed by atoms with E-state index in [2.05, 4.69) is 4.98 Å². The molecule has 0 aliphatic heterocycles. The summed E-state index contributed by atoms with van der Waals surface area (Å²) in [6, 6.07) is 13.1. The van der Waals surface area contributed by atoms with E-state index >= 15 is 0 Å².